The number of benzene rings is 2. The molecule has 1 saturated carbocycles. The van der Waals surface area contributed by atoms with E-state index in [0.29, 0.717) is 36.8 Å². The van der Waals surface area contributed by atoms with Crippen LogP contribution in [-0.2, 0) is 31.1 Å². The molecule has 0 atom stereocenters. The number of fused-ring (bicyclic) bond motifs is 1. The van der Waals surface area contributed by atoms with Gasteiger partial charge in [-0.25, -0.2) is 0 Å². The van der Waals surface area contributed by atoms with Crippen molar-refractivity contribution in [1.82, 2.24) is 24.6 Å². The maximum absolute atomic E-state index is 14.2. The van der Waals surface area contributed by atoms with E-state index in [4.69, 9.17) is 0 Å². The van der Waals surface area contributed by atoms with Gasteiger partial charge in [-0.3, -0.25) is 14.5 Å². The van der Waals surface area contributed by atoms with Gasteiger partial charge in [0, 0.05) is 74.6 Å². The molecule has 0 radical (unpaired) electrons. The third kappa shape index (κ3) is 6.59. The predicted octanol–water partition coefficient (Wildman–Crippen LogP) is 6.01. The van der Waals surface area contributed by atoms with Crippen LogP contribution >= 0.6 is 0 Å². The Balaban J connectivity index is 0.000000290. The lowest BCUT2D eigenvalue weighted by atomic mass is 9.76. The van der Waals surface area contributed by atoms with E-state index in [9.17, 15) is 22.8 Å². The summed E-state index contributed by atoms with van der Waals surface area (Å²) in [6.45, 7) is 10.7. The molecule has 8 rings (SSSR count). The number of halogens is 3. The first-order chi connectivity index (χ1) is 23.4. The quantitative estimate of drug-likeness (QED) is 0.298. The smallest absolute Gasteiger partial charge is 0.371 e. The number of hydrogen-bond donors (Lipinski definition) is 0. The van der Waals surface area contributed by atoms with Gasteiger partial charge in [0.15, 0.2) is 0 Å². The number of carbonyl (C=O) groups is 2. The van der Waals surface area contributed by atoms with E-state index in [1.165, 1.54) is 29.9 Å². The molecule has 49 heavy (non-hydrogen) atoms. The van der Waals surface area contributed by atoms with Gasteiger partial charge in [-0.05, 0) is 92.1 Å². The van der Waals surface area contributed by atoms with Crippen LogP contribution in [0.25, 0.3) is 0 Å². The van der Waals surface area contributed by atoms with Crippen molar-refractivity contribution in [3.05, 3.63) is 83.5 Å². The Labute approximate surface area is 285 Å². The van der Waals surface area contributed by atoms with Gasteiger partial charge in [0.1, 0.15) is 12.2 Å². The van der Waals surface area contributed by atoms with Gasteiger partial charge in [-0.2, -0.15) is 13.2 Å². The molecular weight excluding hydrogens is 631 g/mol. The van der Waals surface area contributed by atoms with Crippen molar-refractivity contribution in [3.63, 3.8) is 0 Å². The fourth-order valence-electron chi connectivity index (χ4n) is 8.36. The molecule has 1 aliphatic carbocycles. The molecule has 5 heterocycles. The first-order valence-electron chi connectivity index (χ1n) is 17.3. The minimum atomic E-state index is -4.56. The van der Waals surface area contributed by atoms with E-state index in [0.717, 1.165) is 62.9 Å². The highest BCUT2D eigenvalue weighted by molar-refractivity contribution is 6.10. The molecule has 4 fully saturated rings. The second kappa shape index (κ2) is 12.9. The van der Waals surface area contributed by atoms with E-state index in [2.05, 4.69) is 33.5 Å². The van der Waals surface area contributed by atoms with Crippen molar-refractivity contribution in [2.45, 2.75) is 64.2 Å². The first kappa shape index (κ1) is 33.3. The van der Waals surface area contributed by atoms with Crippen molar-refractivity contribution in [2.75, 3.05) is 49.1 Å². The van der Waals surface area contributed by atoms with Crippen LogP contribution in [0, 0.1) is 11.3 Å². The molecule has 0 unspecified atom stereocenters. The van der Waals surface area contributed by atoms with E-state index >= 15 is 0 Å². The molecule has 1 aromatic heterocycles. The fourth-order valence-corrected chi connectivity index (χ4v) is 8.36. The predicted molar refractivity (Wildman–Crippen MR) is 181 cm³/mol. The summed E-state index contributed by atoms with van der Waals surface area (Å²) < 4.78 is 44.6. The van der Waals surface area contributed by atoms with Crippen LogP contribution in [0.2, 0.25) is 0 Å². The number of rotatable bonds is 6. The fraction of sp³-hybridized carbons (Fsp3) is 0.514. The Morgan fingerprint density at radius 3 is 2.45 bits per heavy atom. The number of aromatic nitrogens is 3. The van der Waals surface area contributed by atoms with Gasteiger partial charge < -0.3 is 19.3 Å². The Bertz CT molecular complexity index is 1740. The maximum atomic E-state index is 14.2. The van der Waals surface area contributed by atoms with Crippen molar-refractivity contribution < 1.29 is 22.8 Å². The van der Waals surface area contributed by atoms with Crippen molar-refractivity contribution in [3.8, 4) is 0 Å². The number of hydrogen-bond acceptors (Lipinski definition) is 6. The molecule has 2 aromatic carbocycles. The second-order valence-corrected chi connectivity index (χ2v) is 14.7. The van der Waals surface area contributed by atoms with Crippen LogP contribution in [-0.4, -0.2) is 75.6 Å². The van der Waals surface area contributed by atoms with Crippen LogP contribution in [0.15, 0.2) is 55.4 Å². The third-order valence-electron chi connectivity index (χ3n) is 11.0. The van der Waals surface area contributed by atoms with E-state index < -0.39 is 11.7 Å². The molecule has 260 valence electrons. The summed E-state index contributed by atoms with van der Waals surface area (Å²) in [5, 5.41) is 7.95. The SMILES string of the molecule is C=CC(=O)N1CC2(CCN(Cc3cc4c(c(C(F)(F)F)c3)CN(c3cccc(N5CCCC5)c3)C4=O)C2)C1.CC1CC(c2nncn2C)C1. The maximum Gasteiger partial charge on any atom is 0.416 e. The minimum Gasteiger partial charge on any atom is -0.371 e. The number of aryl methyl sites for hydroxylation is 1. The molecule has 0 N–H and O–H groups in total. The molecule has 2 amide bonds. The average Bonchev–Trinajstić information content (AvgIpc) is 3.86. The molecule has 1 spiro atoms. The van der Waals surface area contributed by atoms with Crippen LogP contribution in [0.3, 0.4) is 0 Å². The van der Waals surface area contributed by atoms with Crippen LogP contribution in [0.5, 0.6) is 0 Å². The zero-order valence-electron chi connectivity index (χ0n) is 28.3. The summed E-state index contributed by atoms with van der Waals surface area (Å²) >= 11 is 0. The molecule has 4 aliphatic heterocycles. The Kier molecular flexibility index (Phi) is 8.79. The van der Waals surface area contributed by atoms with Crippen LogP contribution < -0.4 is 9.80 Å². The normalized spacial score (nSPS) is 22.9. The number of likely N-dealkylation sites (tertiary alicyclic amines) is 2. The lowest BCUT2D eigenvalue weighted by Gasteiger charge is -2.47. The summed E-state index contributed by atoms with van der Waals surface area (Å²) in [5.74, 6) is 2.25. The summed E-state index contributed by atoms with van der Waals surface area (Å²) in [5.41, 5.74) is 1.57. The highest BCUT2D eigenvalue weighted by Crippen LogP contribution is 2.43. The molecular formula is C37H44F3N7O2. The lowest BCUT2D eigenvalue weighted by molar-refractivity contribution is -0.138. The highest BCUT2D eigenvalue weighted by atomic mass is 19.4. The topological polar surface area (TPSA) is 77.8 Å². The summed E-state index contributed by atoms with van der Waals surface area (Å²) in [6.07, 6.45) is 4.21. The molecule has 5 aliphatic rings. The zero-order chi connectivity index (χ0) is 34.5. The van der Waals surface area contributed by atoms with Crippen LogP contribution in [0.4, 0.5) is 24.5 Å². The number of nitrogens with zero attached hydrogens (tertiary/aromatic N) is 7. The summed E-state index contributed by atoms with van der Waals surface area (Å²) in [7, 11) is 2.01. The van der Waals surface area contributed by atoms with Crippen molar-refractivity contribution >= 4 is 23.2 Å². The number of amides is 2. The zero-order valence-corrected chi connectivity index (χ0v) is 28.3. The lowest BCUT2D eigenvalue weighted by Crippen LogP contribution is -2.59. The molecule has 12 heteroatoms. The molecule has 9 nitrogen and oxygen atoms in total. The van der Waals surface area contributed by atoms with Crippen molar-refractivity contribution in [2.24, 2.45) is 18.4 Å². The van der Waals surface area contributed by atoms with Gasteiger partial charge in [0.2, 0.25) is 5.91 Å². The minimum absolute atomic E-state index is 0.00473. The molecule has 3 aromatic rings. The van der Waals surface area contributed by atoms with E-state index in [-0.39, 0.29) is 34.9 Å². The summed E-state index contributed by atoms with van der Waals surface area (Å²) in [6, 6.07) is 10.4. The van der Waals surface area contributed by atoms with E-state index in [1.807, 2.05) is 29.8 Å². The number of carbonyl (C=O) groups excluding carboxylic acids is 2. The second-order valence-electron chi connectivity index (χ2n) is 14.7. The average molecular weight is 676 g/mol. The van der Waals surface area contributed by atoms with Crippen molar-refractivity contribution in [1.29, 1.82) is 0 Å². The van der Waals surface area contributed by atoms with Gasteiger partial charge in [-0.15, -0.1) is 10.2 Å². The monoisotopic (exact) mass is 675 g/mol. The van der Waals surface area contributed by atoms with Crippen LogP contribution in [0.1, 0.15) is 77.8 Å². The third-order valence-corrected chi connectivity index (χ3v) is 11.0. The Morgan fingerprint density at radius 2 is 1.80 bits per heavy atom. The highest BCUT2D eigenvalue weighted by Gasteiger charge is 2.49. The molecule has 3 saturated heterocycles. The van der Waals surface area contributed by atoms with Gasteiger partial charge in [0.05, 0.1) is 12.1 Å². The van der Waals surface area contributed by atoms with Gasteiger partial charge in [0.25, 0.3) is 5.91 Å². The largest absolute Gasteiger partial charge is 0.416 e. The van der Waals surface area contributed by atoms with E-state index in [1.54, 1.807) is 23.4 Å². The number of anilines is 2. The molecule has 0 bridgehead atoms. The standard InChI is InChI=1S/C29H31F3N4O2.C8H13N3/c1-2-26(37)35-18-28(19-35)8-11-33(17-28)15-20-12-23-24(25(13-20)29(30,31)32)16-36(27(23)38)22-7-5-6-21(14-22)34-9-3-4-10-34;1-6-3-7(4-6)8-10-9-5-11(8)2/h2,5-7,12-14H,1,3-4,8-11,15-19H2;5-7H,3-4H2,1-2H3. The first-order valence-corrected chi connectivity index (χ1v) is 17.3. The van der Waals surface area contributed by atoms with Gasteiger partial charge >= 0.3 is 6.18 Å². The van der Waals surface area contributed by atoms with Gasteiger partial charge in [-0.1, -0.05) is 19.6 Å². The summed E-state index contributed by atoms with van der Waals surface area (Å²) in [4.78, 5) is 32.9. The number of alkyl halides is 3. The Hall–Kier alpha value is -4.19. The Morgan fingerprint density at radius 1 is 1.06 bits per heavy atom.